The second kappa shape index (κ2) is 7.46. The molecule has 1 aromatic rings. The second-order valence-corrected chi connectivity index (χ2v) is 7.45. The molecule has 8 heteroatoms. The zero-order valence-electron chi connectivity index (χ0n) is 15.7. The summed E-state index contributed by atoms with van der Waals surface area (Å²) in [5.41, 5.74) is -0.108. The molecule has 2 aliphatic heterocycles. The van der Waals surface area contributed by atoms with Gasteiger partial charge in [-0.15, -0.1) is 0 Å². The van der Waals surface area contributed by atoms with E-state index in [-0.39, 0.29) is 42.7 Å². The highest BCUT2D eigenvalue weighted by molar-refractivity contribution is 5.95. The predicted octanol–water partition coefficient (Wildman–Crippen LogP) is 0.803. The molecule has 3 N–H and O–H groups in total. The van der Waals surface area contributed by atoms with Gasteiger partial charge in [-0.2, -0.15) is 0 Å². The number of amides is 4. The van der Waals surface area contributed by atoms with Crippen molar-refractivity contribution in [2.45, 2.75) is 44.7 Å². The summed E-state index contributed by atoms with van der Waals surface area (Å²) in [5, 5.41) is 15.0. The number of piperidine rings is 1. The van der Waals surface area contributed by atoms with Gasteiger partial charge in [-0.25, -0.2) is 4.79 Å². The van der Waals surface area contributed by atoms with Crippen LogP contribution in [0.3, 0.4) is 0 Å². The van der Waals surface area contributed by atoms with Crippen LogP contribution in [0.25, 0.3) is 0 Å². The van der Waals surface area contributed by atoms with Crippen molar-refractivity contribution < 1.29 is 19.5 Å². The van der Waals surface area contributed by atoms with E-state index < -0.39 is 5.54 Å². The quantitative estimate of drug-likeness (QED) is 0.728. The summed E-state index contributed by atoms with van der Waals surface area (Å²) in [7, 11) is 0. The lowest BCUT2D eigenvalue weighted by Crippen LogP contribution is -2.59. The molecule has 8 nitrogen and oxygen atoms in total. The van der Waals surface area contributed by atoms with Crippen molar-refractivity contribution in [2.75, 3.05) is 19.8 Å². The Morgan fingerprint density at radius 2 is 1.85 bits per heavy atom. The largest absolute Gasteiger partial charge is 0.508 e. The van der Waals surface area contributed by atoms with E-state index in [9.17, 15) is 19.5 Å². The third-order valence-electron chi connectivity index (χ3n) is 5.22. The molecule has 2 heterocycles. The van der Waals surface area contributed by atoms with Gasteiger partial charge in [0.1, 0.15) is 11.3 Å². The van der Waals surface area contributed by atoms with E-state index in [0.29, 0.717) is 25.9 Å². The Morgan fingerprint density at radius 1 is 1.22 bits per heavy atom. The SMILES string of the molecule is CC(C)NC(=O)N1CCC2(CC1)C(=O)NCN2C(=O)Cc1ccc(O)cc1. The molecular weight excluding hydrogens is 348 g/mol. The van der Waals surface area contributed by atoms with Gasteiger partial charge in [0.2, 0.25) is 11.8 Å². The molecule has 1 aromatic carbocycles. The molecule has 2 saturated heterocycles. The summed E-state index contributed by atoms with van der Waals surface area (Å²) in [4.78, 5) is 40.9. The van der Waals surface area contributed by atoms with E-state index in [0.717, 1.165) is 5.56 Å². The number of nitrogens with zero attached hydrogens (tertiary/aromatic N) is 2. The van der Waals surface area contributed by atoms with Gasteiger partial charge in [0.05, 0.1) is 13.1 Å². The van der Waals surface area contributed by atoms with Crippen LogP contribution >= 0.6 is 0 Å². The van der Waals surface area contributed by atoms with E-state index in [1.54, 1.807) is 21.9 Å². The average Bonchev–Trinajstić information content (AvgIpc) is 2.93. The van der Waals surface area contributed by atoms with Gasteiger partial charge in [-0.1, -0.05) is 12.1 Å². The van der Waals surface area contributed by atoms with Crippen molar-refractivity contribution in [3.63, 3.8) is 0 Å². The minimum Gasteiger partial charge on any atom is -0.508 e. The molecule has 3 rings (SSSR count). The summed E-state index contributed by atoms with van der Waals surface area (Å²) >= 11 is 0. The summed E-state index contributed by atoms with van der Waals surface area (Å²) in [6.45, 7) is 4.84. The third kappa shape index (κ3) is 3.84. The Bertz CT molecular complexity index is 724. The van der Waals surface area contributed by atoms with Gasteiger partial charge in [0, 0.05) is 19.1 Å². The van der Waals surface area contributed by atoms with Crippen molar-refractivity contribution in [2.24, 2.45) is 0 Å². The van der Waals surface area contributed by atoms with Crippen LogP contribution in [-0.2, 0) is 16.0 Å². The fraction of sp³-hybridized carbons (Fsp3) is 0.526. The van der Waals surface area contributed by atoms with Crippen LogP contribution in [0.5, 0.6) is 5.75 Å². The molecule has 27 heavy (non-hydrogen) atoms. The molecule has 4 amide bonds. The zero-order chi connectivity index (χ0) is 19.6. The van der Waals surface area contributed by atoms with Crippen molar-refractivity contribution >= 4 is 17.8 Å². The van der Waals surface area contributed by atoms with Crippen LogP contribution in [0.1, 0.15) is 32.3 Å². The number of aromatic hydroxyl groups is 1. The lowest BCUT2D eigenvalue weighted by molar-refractivity contribution is -0.142. The highest BCUT2D eigenvalue weighted by Gasteiger charge is 2.52. The summed E-state index contributed by atoms with van der Waals surface area (Å²) in [5.74, 6) is -0.141. The van der Waals surface area contributed by atoms with Gasteiger partial charge in [-0.3, -0.25) is 9.59 Å². The molecule has 2 fully saturated rings. The first kappa shape index (κ1) is 19.0. The molecule has 0 aliphatic carbocycles. The molecule has 0 atom stereocenters. The standard InChI is InChI=1S/C19H26N4O4/c1-13(2)21-18(27)22-9-7-19(8-10-22)17(26)20-12-23(19)16(25)11-14-3-5-15(24)6-4-14/h3-6,13,24H,7-12H2,1-2H3,(H,20,26)(H,21,27). The van der Waals surface area contributed by atoms with Crippen molar-refractivity contribution in [3.8, 4) is 5.75 Å². The molecule has 0 radical (unpaired) electrons. The minimum atomic E-state index is -0.886. The number of likely N-dealkylation sites (tertiary alicyclic amines) is 1. The van der Waals surface area contributed by atoms with Gasteiger partial charge in [0.25, 0.3) is 0 Å². The van der Waals surface area contributed by atoms with Crippen molar-refractivity contribution in [1.82, 2.24) is 20.4 Å². The van der Waals surface area contributed by atoms with E-state index in [4.69, 9.17) is 0 Å². The number of rotatable bonds is 3. The first-order chi connectivity index (χ1) is 12.8. The first-order valence-electron chi connectivity index (χ1n) is 9.24. The van der Waals surface area contributed by atoms with Gasteiger partial charge in [0.15, 0.2) is 0 Å². The maximum atomic E-state index is 12.9. The van der Waals surface area contributed by atoms with Gasteiger partial charge < -0.3 is 25.5 Å². The number of phenols is 1. The molecule has 146 valence electrons. The fourth-order valence-electron chi connectivity index (χ4n) is 3.71. The normalized spacial score (nSPS) is 18.7. The molecular formula is C19H26N4O4. The van der Waals surface area contributed by atoms with Crippen LogP contribution in [-0.4, -0.2) is 64.1 Å². The maximum Gasteiger partial charge on any atom is 0.317 e. The van der Waals surface area contributed by atoms with Crippen LogP contribution < -0.4 is 10.6 Å². The maximum absolute atomic E-state index is 12.9. The average molecular weight is 374 g/mol. The predicted molar refractivity (Wildman–Crippen MR) is 98.9 cm³/mol. The number of hydrogen-bond donors (Lipinski definition) is 3. The number of urea groups is 1. The Hall–Kier alpha value is -2.77. The molecule has 0 aromatic heterocycles. The van der Waals surface area contributed by atoms with Crippen molar-refractivity contribution in [1.29, 1.82) is 0 Å². The van der Waals surface area contributed by atoms with Crippen LogP contribution in [0.15, 0.2) is 24.3 Å². The van der Waals surface area contributed by atoms with Crippen LogP contribution in [0.2, 0.25) is 0 Å². The van der Waals surface area contributed by atoms with E-state index in [2.05, 4.69) is 10.6 Å². The Labute approximate surface area is 158 Å². The fourth-order valence-corrected chi connectivity index (χ4v) is 3.71. The summed E-state index contributed by atoms with van der Waals surface area (Å²) in [6, 6.07) is 6.38. The van der Waals surface area contributed by atoms with E-state index >= 15 is 0 Å². The third-order valence-corrected chi connectivity index (χ3v) is 5.22. The molecule has 1 spiro atoms. The zero-order valence-corrected chi connectivity index (χ0v) is 15.7. The highest BCUT2D eigenvalue weighted by Crippen LogP contribution is 2.33. The molecule has 2 aliphatic rings. The van der Waals surface area contributed by atoms with Crippen LogP contribution in [0, 0.1) is 0 Å². The number of nitrogens with one attached hydrogen (secondary N) is 2. The number of carbonyl (C=O) groups excluding carboxylic acids is 3. The highest BCUT2D eigenvalue weighted by atomic mass is 16.3. The second-order valence-electron chi connectivity index (χ2n) is 7.45. The summed E-state index contributed by atoms with van der Waals surface area (Å²) in [6.07, 6.45) is 1.01. The Kier molecular flexibility index (Phi) is 5.25. The van der Waals surface area contributed by atoms with Gasteiger partial charge >= 0.3 is 6.03 Å². The van der Waals surface area contributed by atoms with E-state index in [1.807, 2.05) is 13.8 Å². The lowest BCUT2D eigenvalue weighted by atomic mass is 9.85. The lowest BCUT2D eigenvalue weighted by Gasteiger charge is -2.42. The van der Waals surface area contributed by atoms with Gasteiger partial charge in [-0.05, 0) is 44.4 Å². The topological polar surface area (TPSA) is 102 Å². The molecule has 0 bridgehead atoms. The number of benzene rings is 1. The monoisotopic (exact) mass is 374 g/mol. The smallest absolute Gasteiger partial charge is 0.317 e. The van der Waals surface area contributed by atoms with Crippen molar-refractivity contribution in [3.05, 3.63) is 29.8 Å². The summed E-state index contributed by atoms with van der Waals surface area (Å²) < 4.78 is 0. The first-order valence-corrected chi connectivity index (χ1v) is 9.24. The number of hydrogen-bond acceptors (Lipinski definition) is 4. The number of carbonyl (C=O) groups is 3. The van der Waals surface area contributed by atoms with E-state index in [1.165, 1.54) is 12.1 Å². The Balaban J connectivity index is 1.68. The van der Waals surface area contributed by atoms with Crippen LogP contribution in [0.4, 0.5) is 4.79 Å². The number of phenolic OH excluding ortho intramolecular Hbond substituents is 1. The minimum absolute atomic E-state index is 0.0477. The molecule has 0 saturated carbocycles. The Morgan fingerprint density at radius 3 is 2.44 bits per heavy atom. The molecule has 0 unspecified atom stereocenters.